The van der Waals surface area contributed by atoms with Gasteiger partial charge in [-0.05, 0) is 67.1 Å². The first-order valence-electron chi connectivity index (χ1n) is 10.4. The molecule has 1 spiro atoms. The van der Waals surface area contributed by atoms with Crippen molar-refractivity contribution in [2.24, 2.45) is 10.8 Å². The van der Waals surface area contributed by atoms with E-state index in [0.29, 0.717) is 0 Å². The number of rotatable bonds is 3. The van der Waals surface area contributed by atoms with Gasteiger partial charge in [0.25, 0.3) is 0 Å². The lowest BCUT2D eigenvalue weighted by molar-refractivity contribution is -0.0152. The van der Waals surface area contributed by atoms with Crippen molar-refractivity contribution in [2.45, 2.75) is 84.7 Å². The number of hydrogen-bond acceptors (Lipinski definition) is 2. The Morgan fingerprint density at radius 2 is 1.65 bits per heavy atom. The van der Waals surface area contributed by atoms with Crippen molar-refractivity contribution in [3.63, 3.8) is 0 Å². The molecule has 0 radical (unpaired) electrons. The summed E-state index contributed by atoms with van der Waals surface area (Å²) in [7, 11) is 0. The van der Waals surface area contributed by atoms with Gasteiger partial charge in [-0.1, -0.05) is 53.3 Å². The number of aliphatic hydroxyl groups is 1. The zero-order valence-corrected chi connectivity index (χ0v) is 17.4. The van der Waals surface area contributed by atoms with Crippen molar-refractivity contribution in [2.75, 3.05) is 11.4 Å². The van der Waals surface area contributed by atoms with E-state index in [1.54, 1.807) is 0 Å². The molecule has 2 nitrogen and oxygen atoms in total. The summed E-state index contributed by atoms with van der Waals surface area (Å²) in [5, 5.41) is 10.4. The number of benzene rings is 1. The largest absolute Gasteiger partial charge is 0.393 e. The van der Waals surface area contributed by atoms with Gasteiger partial charge in [0, 0.05) is 23.3 Å². The quantitative estimate of drug-likeness (QED) is 0.714. The summed E-state index contributed by atoms with van der Waals surface area (Å²) in [6.45, 7) is 16.8. The van der Waals surface area contributed by atoms with Gasteiger partial charge in [0.2, 0.25) is 0 Å². The summed E-state index contributed by atoms with van der Waals surface area (Å²) in [5.41, 5.74) is 4.48. The molecule has 144 valence electrons. The Morgan fingerprint density at radius 3 is 2.15 bits per heavy atom. The highest BCUT2D eigenvalue weighted by Crippen LogP contribution is 2.56. The maximum Gasteiger partial charge on any atom is 0.0591 e. The van der Waals surface area contributed by atoms with Gasteiger partial charge in [0.05, 0.1) is 6.10 Å². The zero-order chi connectivity index (χ0) is 19.2. The van der Waals surface area contributed by atoms with Crippen LogP contribution in [-0.2, 0) is 5.41 Å². The van der Waals surface area contributed by atoms with Crippen LogP contribution in [0.3, 0.4) is 0 Å². The third-order valence-corrected chi connectivity index (χ3v) is 7.34. The highest BCUT2D eigenvalue weighted by molar-refractivity contribution is 5.56. The van der Waals surface area contributed by atoms with Gasteiger partial charge in [-0.2, -0.15) is 0 Å². The second-order valence-corrected chi connectivity index (χ2v) is 10.0. The lowest BCUT2D eigenvalue weighted by atomic mass is 9.61. The van der Waals surface area contributed by atoms with Crippen LogP contribution in [0.4, 0.5) is 5.69 Å². The van der Waals surface area contributed by atoms with E-state index >= 15 is 0 Å². The lowest BCUT2D eigenvalue weighted by Gasteiger charge is -2.46. The highest BCUT2D eigenvalue weighted by Gasteiger charge is 2.48. The minimum absolute atomic E-state index is 0.0854. The van der Waals surface area contributed by atoms with Gasteiger partial charge in [0.15, 0.2) is 0 Å². The van der Waals surface area contributed by atoms with E-state index in [0.717, 1.165) is 38.6 Å². The first-order chi connectivity index (χ1) is 12.1. The molecule has 1 aliphatic heterocycles. The van der Waals surface area contributed by atoms with E-state index in [9.17, 15) is 5.11 Å². The highest BCUT2D eigenvalue weighted by atomic mass is 16.3. The van der Waals surface area contributed by atoms with Gasteiger partial charge in [-0.25, -0.2) is 0 Å². The van der Waals surface area contributed by atoms with Crippen LogP contribution in [-0.4, -0.2) is 17.8 Å². The van der Waals surface area contributed by atoms with E-state index in [1.165, 1.54) is 23.4 Å². The third-order valence-electron chi connectivity index (χ3n) is 7.34. The summed E-state index contributed by atoms with van der Waals surface area (Å²) in [6.07, 6.45) is 6.43. The third kappa shape index (κ3) is 3.33. The molecule has 1 heterocycles. The summed E-state index contributed by atoms with van der Waals surface area (Å²) < 4.78 is 0. The van der Waals surface area contributed by atoms with Crippen LogP contribution in [0, 0.1) is 10.8 Å². The number of aliphatic hydroxyl groups excluding tert-OH is 1. The molecule has 2 aliphatic rings. The molecule has 1 aliphatic carbocycles. The van der Waals surface area contributed by atoms with E-state index < -0.39 is 0 Å². The molecule has 1 saturated heterocycles. The summed E-state index contributed by atoms with van der Waals surface area (Å²) in [6, 6.07) is 9.06. The molecular formula is C24H37NO. The Balaban J connectivity index is 1.73. The van der Waals surface area contributed by atoms with Gasteiger partial charge in [-0.15, -0.1) is 0 Å². The Bertz CT molecular complexity index is 644. The standard InChI is InChI=1S/C24H37NO/c1-7-21(26)23(6)12-14-24(15-13-23)16-17-25(18(24)2)20-10-8-19(9-11-20)22(3,4)5/h8-11,21,26H,2,7,12-17H2,1,3-6H3. The van der Waals surface area contributed by atoms with Crippen molar-refractivity contribution in [1.29, 1.82) is 0 Å². The fraction of sp³-hybridized carbons (Fsp3) is 0.667. The zero-order valence-electron chi connectivity index (χ0n) is 17.4. The van der Waals surface area contributed by atoms with Crippen molar-refractivity contribution < 1.29 is 5.11 Å². The second-order valence-electron chi connectivity index (χ2n) is 10.0. The molecule has 2 fully saturated rings. The summed E-state index contributed by atoms with van der Waals surface area (Å²) in [5.74, 6) is 0. The summed E-state index contributed by atoms with van der Waals surface area (Å²) in [4.78, 5) is 2.44. The van der Waals surface area contributed by atoms with E-state index in [1.807, 2.05) is 0 Å². The van der Waals surface area contributed by atoms with Crippen LogP contribution in [0.25, 0.3) is 0 Å². The van der Waals surface area contributed by atoms with Crippen LogP contribution in [0.2, 0.25) is 0 Å². The molecule has 1 aromatic carbocycles. The molecule has 1 N–H and O–H groups in total. The van der Waals surface area contributed by atoms with E-state index in [-0.39, 0.29) is 22.3 Å². The fourth-order valence-corrected chi connectivity index (χ4v) is 4.98. The smallest absolute Gasteiger partial charge is 0.0591 e. The number of nitrogens with zero attached hydrogens (tertiary/aromatic N) is 1. The fourth-order valence-electron chi connectivity index (χ4n) is 4.98. The SMILES string of the molecule is C=C1N(c2ccc(C(C)(C)C)cc2)CCC12CCC(C)(C(O)CC)CC2. The molecule has 1 unspecified atom stereocenters. The molecule has 1 atom stereocenters. The van der Waals surface area contributed by atoms with Crippen molar-refractivity contribution >= 4 is 5.69 Å². The van der Waals surface area contributed by atoms with Crippen molar-refractivity contribution in [3.8, 4) is 0 Å². The van der Waals surface area contributed by atoms with Gasteiger partial charge in [-0.3, -0.25) is 0 Å². The van der Waals surface area contributed by atoms with Crippen LogP contribution < -0.4 is 4.90 Å². The molecule has 0 aromatic heterocycles. The Kier molecular flexibility index (Phi) is 5.03. The molecular weight excluding hydrogens is 318 g/mol. The van der Waals surface area contributed by atoms with Crippen molar-refractivity contribution in [3.05, 3.63) is 42.1 Å². The molecule has 2 heteroatoms. The first kappa shape index (κ1) is 19.5. The number of allylic oxidation sites excluding steroid dienone is 1. The number of anilines is 1. The topological polar surface area (TPSA) is 23.5 Å². The summed E-state index contributed by atoms with van der Waals surface area (Å²) >= 11 is 0. The van der Waals surface area contributed by atoms with Crippen LogP contribution in [0.5, 0.6) is 0 Å². The first-order valence-corrected chi connectivity index (χ1v) is 10.4. The molecule has 1 saturated carbocycles. The minimum atomic E-state index is -0.171. The van der Waals surface area contributed by atoms with Gasteiger partial charge >= 0.3 is 0 Å². The Hall–Kier alpha value is -1.28. The molecule has 0 amide bonds. The average Bonchev–Trinajstić information content (AvgIpc) is 2.93. The van der Waals surface area contributed by atoms with Crippen LogP contribution in [0.1, 0.15) is 78.7 Å². The predicted octanol–water partition coefficient (Wildman–Crippen LogP) is 6.05. The monoisotopic (exact) mass is 355 g/mol. The van der Waals surface area contributed by atoms with Crippen LogP contribution >= 0.6 is 0 Å². The molecule has 0 bridgehead atoms. The van der Waals surface area contributed by atoms with Gasteiger partial charge < -0.3 is 10.0 Å². The maximum atomic E-state index is 10.4. The van der Waals surface area contributed by atoms with Gasteiger partial charge in [0.1, 0.15) is 0 Å². The molecule has 3 rings (SSSR count). The average molecular weight is 356 g/mol. The minimum Gasteiger partial charge on any atom is -0.393 e. The predicted molar refractivity (Wildman–Crippen MR) is 112 cm³/mol. The van der Waals surface area contributed by atoms with Crippen LogP contribution in [0.15, 0.2) is 36.5 Å². The van der Waals surface area contributed by atoms with E-state index in [2.05, 4.69) is 70.4 Å². The maximum absolute atomic E-state index is 10.4. The normalized spacial score (nSPS) is 30.8. The second kappa shape index (κ2) is 6.71. The van der Waals surface area contributed by atoms with Crippen molar-refractivity contribution in [1.82, 2.24) is 0 Å². The lowest BCUT2D eigenvalue weighted by Crippen LogP contribution is -2.40. The Morgan fingerprint density at radius 1 is 1.08 bits per heavy atom. The molecule has 26 heavy (non-hydrogen) atoms. The molecule has 1 aromatic rings. The van der Waals surface area contributed by atoms with E-state index in [4.69, 9.17) is 0 Å². The Labute approximate surface area is 160 Å². The number of hydrogen-bond donors (Lipinski definition) is 1.